The summed E-state index contributed by atoms with van der Waals surface area (Å²) < 4.78 is 7.25. The van der Waals surface area contributed by atoms with Crippen molar-refractivity contribution in [1.29, 1.82) is 0 Å². The standard InChI is InChI=1S/C28H24N4OS.H2S/c1-3-6-21(15-23-16-29-32-31-23)20-9-12-24(13-10-20)33-17-22-11-14-27-28(30-22)26(18-34-27)25-8-5-4-7-19(25)2;/h4-5,7-14,18,21H,15-17H2,1-2H3;1H2/t21-;/m0./s1. The Morgan fingerprint density at radius 2 is 1.86 bits per heavy atom. The number of aryl methyl sites for hydroxylation is 1. The fraction of sp³-hybridized carbons (Fsp3) is 0.214. The second kappa shape index (κ2) is 11.3. The fourth-order valence-electron chi connectivity index (χ4n) is 4.06. The molecular formula is C28H26N4OS2. The van der Waals surface area contributed by atoms with Gasteiger partial charge in [-0.2, -0.15) is 18.6 Å². The molecule has 5 nitrogen and oxygen atoms in total. The molecule has 0 N–H and O–H groups in total. The Morgan fingerprint density at radius 3 is 2.60 bits per heavy atom. The van der Waals surface area contributed by atoms with Crippen LogP contribution in [0.4, 0.5) is 0 Å². The number of pyridine rings is 1. The van der Waals surface area contributed by atoms with Crippen molar-refractivity contribution in [3.8, 4) is 28.7 Å². The van der Waals surface area contributed by atoms with Crippen LogP contribution in [-0.4, -0.2) is 17.2 Å². The van der Waals surface area contributed by atoms with Crippen molar-refractivity contribution < 1.29 is 4.74 Å². The van der Waals surface area contributed by atoms with Crippen molar-refractivity contribution in [2.45, 2.75) is 32.8 Å². The molecule has 0 bridgehead atoms. The Balaban J connectivity index is 0.00000289. The zero-order chi connectivity index (χ0) is 23.3. The number of ether oxygens (including phenoxy) is 1. The van der Waals surface area contributed by atoms with Crippen LogP contribution in [0.25, 0.3) is 21.3 Å². The van der Waals surface area contributed by atoms with Gasteiger partial charge in [0, 0.05) is 17.4 Å². The van der Waals surface area contributed by atoms with Crippen LogP contribution in [-0.2, 0) is 6.61 Å². The molecule has 2 aromatic carbocycles. The summed E-state index contributed by atoms with van der Waals surface area (Å²) in [6, 6.07) is 20.7. The summed E-state index contributed by atoms with van der Waals surface area (Å²) in [5.41, 5.74) is 7.70. The van der Waals surface area contributed by atoms with Gasteiger partial charge in [0.15, 0.2) is 0 Å². The summed E-state index contributed by atoms with van der Waals surface area (Å²) in [7, 11) is 0. The van der Waals surface area contributed by atoms with E-state index in [9.17, 15) is 0 Å². The van der Waals surface area contributed by atoms with Gasteiger partial charge in [-0.15, -0.1) is 22.4 Å². The molecule has 0 radical (unpaired) electrons. The molecule has 7 heteroatoms. The molecule has 5 rings (SSSR count). The molecule has 4 aromatic rings. The minimum Gasteiger partial charge on any atom is -0.487 e. The van der Waals surface area contributed by atoms with E-state index in [1.54, 1.807) is 11.3 Å². The van der Waals surface area contributed by atoms with Gasteiger partial charge in [0.2, 0.25) is 0 Å². The topological polar surface area (TPSA) is 59.2 Å². The van der Waals surface area contributed by atoms with E-state index < -0.39 is 0 Å². The Labute approximate surface area is 216 Å². The molecule has 0 saturated carbocycles. The number of thiophene rings is 1. The van der Waals surface area contributed by atoms with Crippen molar-refractivity contribution in [1.82, 2.24) is 4.98 Å². The Kier molecular flexibility index (Phi) is 7.96. The Morgan fingerprint density at radius 1 is 1.03 bits per heavy atom. The zero-order valence-corrected chi connectivity index (χ0v) is 21.5. The van der Waals surface area contributed by atoms with E-state index in [1.807, 2.05) is 25.1 Å². The number of benzene rings is 2. The normalized spacial score (nSPS) is 13.0. The van der Waals surface area contributed by atoms with Gasteiger partial charge in [-0.05, 0) is 60.0 Å². The molecule has 0 amide bonds. The van der Waals surface area contributed by atoms with Crippen LogP contribution < -0.4 is 4.74 Å². The van der Waals surface area contributed by atoms with Crippen LogP contribution in [0.1, 0.15) is 36.1 Å². The minimum atomic E-state index is 0. The predicted octanol–water partition coefficient (Wildman–Crippen LogP) is 7.28. The lowest BCUT2D eigenvalue weighted by Crippen LogP contribution is -2.07. The van der Waals surface area contributed by atoms with E-state index in [-0.39, 0.29) is 19.4 Å². The quantitative estimate of drug-likeness (QED) is 0.251. The van der Waals surface area contributed by atoms with Crippen molar-refractivity contribution in [3.05, 3.63) is 82.9 Å². The van der Waals surface area contributed by atoms with E-state index in [2.05, 4.69) is 82.0 Å². The molecule has 176 valence electrons. The fourth-order valence-corrected chi connectivity index (χ4v) is 4.96. The molecule has 0 spiro atoms. The van der Waals surface area contributed by atoms with Crippen molar-refractivity contribution in [2.24, 2.45) is 15.4 Å². The van der Waals surface area contributed by atoms with Crippen LogP contribution in [0.2, 0.25) is 0 Å². The molecule has 2 aromatic heterocycles. The highest BCUT2D eigenvalue weighted by Crippen LogP contribution is 2.34. The molecular weight excluding hydrogens is 472 g/mol. The van der Waals surface area contributed by atoms with Crippen LogP contribution in [0.3, 0.4) is 0 Å². The van der Waals surface area contributed by atoms with Gasteiger partial charge in [0.25, 0.3) is 0 Å². The summed E-state index contributed by atoms with van der Waals surface area (Å²) >= 11 is 1.73. The number of hydrogen-bond donors (Lipinski definition) is 0. The third kappa shape index (κ3) is 5.61. The van der Waals surface area contributed by atoms with Gasteiger partial charge < -0.3 is 4.74 Å². The highest BCUT2D eigenvalue weighted by molar-refractivity contribution is 7.59. The first-order valence-corrected chi connectivity index (χ1v) is 12.1. The van der Waals surface area contributed by atoms with Crippen LogP contribution in [0, 0.1) is 18.8 Å². The average molecular weight is 499 g/mol. The lowest BCUT2D eigenvalue weighted by Gasteiger charge is -2.12. The van der Waals surface area contributed by atoms with Crippen LogP contribution in [0.5, 0.6) is 5.75 Å². The second-order valence-electron chi connectivity index (χ2n) is 8.18. The molecule has 0 aliphatic carbocycles. The largest absolute Gasteiger partial charge is 0.487 e. The highest BCUT2D eigenvalue weighted by Gasteiger charge is 2.15. The average Bonchev–Trinajstić information content (AvgIpc) is 3.53. The summed E-state index contributed by atoms with van der Waals surface area (Å²) in [6.07, 6.45) is 0.738. The molecule has 0 fully saturated rings. The molecule has 1 aliphatic rings. The van der Waals surface area contributed by atoms with Crippen molar-refractivity contribution in [3.63, 3.8) is 0 Å². The monoisotopic (exact) mass is 498 g/mol. The lowest BCUT2D eigenvalue weighted by atomic mass is 9.94. The first-order chi connectivity index (χ1) is 16.7. The number of aromatic nitrogens is 1. The summed E-state index contributed by atoms with van der Waals surface area (Å²) in [4.78, 5) is 4.93. The van der Waals surface area contributed by atoms with Gasteiger partial charge in [0.05, 0.1) is 27.5 Å². The van der Waals surface area contributed by atoms with E-state index in [0.717, 1.165) is 34.7 Å². The maximum Gasteiger partial charge on any atom is 0.130 e. The second-order valence-corrected chi connectivity index (χ2v) is 9.09. The number of nitrogens with zero attached hydrogens (tertiary/aromatic N) is 4. The van der Waals surface area contributed by atoms with Crippen LogP contribution >= 0.6 is 24.8 Å². The number of fused-ring (bicyclic) bond motifs is 1. The first kappa shape index (κ1) is 24.6. The molecule has 0 saturated heterocycles. The third-order valence-corrected chi connectivity index (χ3v) is 6.78. The maximum absolute atomic E-state index is 6.07. The van der Waals surface area contributed by atoms with Crippen molar-refractivity contribution in [2.75, 3.05) is 6.54 Å². The molecule has 0 unspecified atom stereocenters. The Hall–Kier alpha value is -3.47. The lowest BCUT2D eigenvalue weighted by molar-refractivity contribution is 0.301. The molecule has 1 atom stereocenters. The summed E-state index contributed by atoms with van der Waals surface area (Å²) in [5.74, 6) is 7.18. The maximum atomic E-state index is 6.07. The number of rotatable bonds is 7. The van der Waals surface area contributed by atoms with Gasteiger partial charge in [-0.25, -0.2) is 4.98 Å². The van der Waals surface area contributed by atoms with Gasteiger partial charge in [-0.3, -0.25) is 0 Å². The first-order valence-electron chi connectivity index (χ1n) is 11.2. The summed E-state index contributed by atoms with van der Waals surface area (Å²) in [5, 5.41) is 13.9. The van der Waals surface area contributed by atoms with E-state index >= 15 is 0 Å². The van der Waals surface area contributed by atoms with Crippen LogP contribution in [0.15, 0.2) is 81.5 Å². The number of hydrogen-bond acceptors (Lipinski definition) is 6. The minimum absolute atomic E-state index is 0. The van der Waals surface area contributed by atoms with Crippen molar-refractivity contribution >= 4 is 40.8 Å². The van der Waals surface area contributed by atoms with E-state index in [1.165, 1.54) is 21.4 Å². The zero-order valence-electron chi connectivity index (χ0n) is 19.7. The third-order valence-electron chi connectivity index (χ3n) is 5.84. The van der Waals surface area contributed by atoms with E-state index in [4.69, 9.17) is 9.72 Å². The highest BCUT2D eigenvalue weighted by atomic mass is 32.1. The van der Waals surface area contributed by atoms with Gasteiger partial charge in [0.1, 0.15) is 18.9 Å². The van der Waals surface area contributed by atoms with Gasteiger partial charge in [-0.1, -0.05) is 42.3 Å². The smallest absolute Gasteiger partial charge is 0.130 e. The molecule has 35 heavy (non-hydrogen) atoms. The predicted molar refractivity (Wildman–Crippen MR) is 149 cm³/mol. The summed E-state index contributed by atoms with van der Waals surface area (Å²) in [6.45, 7) is 4.97. The molecule has 1 aliphatic heterocycles. The molecule has 3 heterocycles. The Bertz CT molecular complexity index is 1450. The van der Waals surface area contributed by atoms with E-state index in [0.29, 0.717) is 13.2 Å². The SMILES string of the molecule is CC#C[C@@H](CC1=NN=NC1)c1ccc(OCc2ccc3scc(-c4ccccc4C)c3n2)cc1.S. The van der Waals surface area contributed by atoms with Gasteiger partial charge >= 0.3 is 0 Å².